The first-order valence-electron chi connectivity index (χ1n) is 6.89. The maximum atomic E-state index is 4.78. The summed E-state index contributed by atoms with van der Waals surface area (Å²) in [5.41, 5.74) is 1.16. The summed E-state index contributed by atoms with van der Waals surface area (Å²) in [5.74, 6) is 0.707. The van der Waals surface area contributed by atoms with E-state index in [0.29, 0.717) is 11.9 Å². The van der Waals surface area contributed by atoms with Crippen molar-refractivity contribution in [2.24, 2.45) is 0 Å². The third-order valence-electron chi connectivity index (χ3n) is 2.84. The van der Waals surface area contributed by atoms with Crippen LogP contribution in [-0.4, -0.2) is 21.0 Å². The van der Waals surface area contributed by atoms with Crippen LogP contribution in [0.15, 0.2) is 18.5 Å². The predicted octanol–water partition coefficient (Wildman–Crippen LogP) is 3.40. The smallest absolute Gasteiger partial charge is 0.188 e. The van der Waals surface area contributed by atoms with E-state index in [9.17, 15) is 0 Å². The largest absolute Gasteiger partial charge is 0.310 e. The lowest BCUT2D eigenvalue weighted by Crippen LogP contribution is -2.23. The van der Waals surface area contributed by atoms with Crippen molar-refractivity contribution in [3.8, 4) is 10.8 Å². The van der Waals surface area contributed by atoms with Gasteiger partial charge in [-0.05, 0) is 6.07 Å². The van der Waals surface area contributed by atoms with Crippen LogP contribution in [0, 0.1) is 0 Å². The topological polar surface area (TPSA) is 50.7 Å². The zero-order chi connectivity index (χ0) is 14.8. The highest BCUT2D eigenvalue weighted by atomic mass is 32.1. The molecule has 0 atom stereocenters. The Balaban J connectivity index is 2.37. The summed E-state index contributed by atoms with van der Waals surface area (Å²) in [6.07, 6.45) is 3.51. The first-order valence-corrected chi connectivity index (χ1v) is 7.70. The monoisotopic (exact) mass is 290 g/mol. The van der Waals surface area contributed by atoms with E-state index in [0.717, 1.165) is 17.2 Å². The molecule has 2 rings (SSSR count). The second kappa shape index (κ2) is 5.97. The summed E-state index contributed by atoms with van der Waals surface area (Å²) < 4.78 is 0. The number of nitrogens with zero attached hydrogens (tertiary/aromatic N) is 3. The maximum absolute atomic E-state index is 4.78. The Hall–Kier alpha value is -1.33. The van der Waals surface area contributed by atoms with Gasteiger partial charge in [-0.25, -0.2) is 15.0 Å². The van der Waals surface area contributed by atoms with Crippen molar-refractivity contribution in [1.82, 2.24) is 20.3 Å². The molecule has 0 bridgehead atoms. The summed E-state index contributed by atoms with van der Waals surface area (Å²) in [7, 11) is 0. The lowest BCUT2D eigenvalue weighted by atomic mass is 9.91. The molecule has 2 aromatic heterocycles. The molecule has 5 heteroatoms. The van der Waals surface area contributed by atoms with Gasteiger partial charge in [0.05, 0.1) is 5.69 Å². The zero-order valence-corrected chi connectivity index (χ0v) is 13.6. The third kappa shape index (κ3) is 3.61. The standard InChI is InChI=1S/C15H22N4S/c1-10(2)18-9-11-12(15(3,4)5)19-14(20-11)13-16-7-6-8-17-13/h6-8,10,18H,9H2,1-5H3. The molecule has 2 aromatic rings. The molecule has 0 saturated carbocycles. The van der Waals surface area contributed by atoms with E-state index < -0.39 is 0 Å². The number of hydrogen-bond acceptors (Lipinski definition) is 5. The fourth-order valence-electron chi connectivity index (χ4n) is 1.86. The number of nitrogens with one attached hydrogen (secondary N) is 1. The van der Waals surface area contributed by atoms with Crippen molar-refractivity contribution in [1.29, 1.82) is 0 Å². The molecule has 0 spiro atoms. The van der Waals surface area contributed by atoms with Crippen molar-refractivity contribution >= 4 is 11.3 Å². The SMILES string of the molecule is CC(C)NCc1sc(-c2ncccn2)nc1C(C)(C)C. The van der Waals surface area contributed by atoms with Crippen LogP contribution in [0.2, 0.25) is 0 Å². The lowest BCUT2D eigenvalue weighted by Gasteiger charge is -2.18. The van der Waals surface area contributed by atoms with E-state index in [1.165, 1.54) is 4.88 Å². The van der Waals surface area contributed by atoms with Gasteiger partial charge in [-0.15, -0.1) is 11.3 Å². The average molecular weight is 290 g/mol. The molecule has 20 heavy (non-hydrogen) atoms. The fraction of sp³-hybridized carbons (Fsp3) is 0.533. The zero-order valence-electron chi connectivity index (χ0n) is 12.8. The first kappa shape index (κ1) is 15.1. The van der Waals surface area contributed by atoms with E-state index in [1.54, 1.807) is 23.7 Å². The molecule has 0 aliphatic heterocycles. The minimum Gasteiger partial charge on any atom is -0.310 e. The summed E-state index contributed by atoms with van der Waals surface area (Å²) in [4.78, 5) is 14.6. The highest BCUT2D eigenvalue weighted by Crippen LogP contribution is 2.33. The normalized spacial score (nSPS) is 12.1. The molecule has 0 fully saturated rings. The molecule has 0 aliphatic carbocycles. The van der Waals surface area contributed by atoms with Gasteiger partial charge in [-0.3, -0.25) is 0 Å². The second-order valence-corrected chi connectivity index (χ2v) is 7.23. The van der Waals surface area contributed by atoms with Gasteiger partial charge in [-0.2, -0.15) is 0 Å². The summed E-state index contributed by atoms with van der Waals surface area (Å²) in [6, 6.07) is 2.28. The molecular formula is C15H22N4S. The fourth-order valence-corrected chi connectivity index (χ4v) is 3.03. The summed E-state index contributed by atoms with van der Waals surface area (Å²) >= 11 is 1.68. The van der Waals surface area contributed by atoms with Gasteiger partial charge < -0.3 is 5.32 Å². The maximum Gasteiger partial charge on any atom is 0.188 e. The van der Waals surface area contributed by atoms with Crippen molar-refractivity contribution in [3.63, 3.8) is 0 Å². The van der Waals surface area contributed by atoms with Crippen molar-refractivity contribution < 1.29 is 0 Å². The number of rotatable bonds is 4. The number of thiazole rings is 1. The Kier molecular flexibility index (Phi) is 4.50. The van der Waals surface area contributed by atoms with Crippen LogP contribution in [0.25, 0.3) is 10.8 Å². The molecule has 0 aromatic carbocycles. The molecule has 0 amide bonds. The molecule has 0 radical (unpaired) electrons. The van der Waals surface area contributed by atoms with Gasteiger partial charge in [0.15, 0.2) is 10.8 Å². The highest BCUT2D eigenvalue weighted by Gasteiger charge is 2.24. The molecular weight excluding hydrogens is 268 g/mol. The Morgan fingerprint density at radius 2 is 1.85 bits per heavy atom. The minimum absolute atomic E-state index is 0.0253. The quantitative estimate of drug-likeness (QED) is 0.937. The summed E-state index contributed by atoms with van der Waals surface area (Å²) in [6.45, 7) is 11.7. The minimum atomic E-state index is 0.0253. The van der Waals surface area contributed by atoms with Gasteiger partial charge in [-0.1, -0.05) is 34.6 Å². The Bertz CT molecular complexity index is 555. The van der Waals surface area contributed by atoms with Crippen molar-refractivity contribution in [2.45, 2.75) is 52.6 Å². The van der Waals surface area contributed by atoms with Crippen LogP contribution in [0.3, 0.4) is 0 Å². The van der Waals surface area contributed by atoms with Crippen LogP contribution >= 0.6 is 11.3 Å². The molecule has 108 valence electrons. The number of hydrogen-bond donors (Lipinski definition) is 1. The van der Waals surface area contributed by atoms with E-state index in [1.807, 2.05) is 6.07 Å². The average Bonchev–Trinajstić information content (AvgIpc) is 2.81. The van der Waals surface area contributed by atoms with E-state index in [-0.39, 0.29) is 5.41 Å². The first-order chi connectivity index (χ1) is 9.38. The lowest BCUT2D eigenvalue weighted by molar-refractivity contribution is 0.546. The van der Waals surface area contributed by atoms with Crippen LogP contribution in [-0.2, 0) is 12.0 Å². The van der Waals surface area contributed by atoms with E-state index in [2.05, 4.69) is 49.9 Å². The van der Waals surface area contributed by atoms with E-state index >= 15 is 0 Å². The van der Waals surface area contributed by atoms with Crippen LogP contribution in [0.4, 0.5) is 0 Å². The van der Waals surface area contributed by atoms with Gasteiger partial charge in [0.25, 0.3) is 0 Å². The van der Waals surface area contributed by atoms with E-state index in [4.69, 9.17) is 4.98 Å². The van der Waals surface area contributed by atoms with Gasteiger partial charge in [0, 0.05) is 35.3 Å². The van der Waals surface area contributed by atoms with Crippen molar-refractivity contribution in [3.05, 3.63) is 29.0 Å². The molecule has 2 heterocycles. The Labute approximate surface area is 124 Å². The summed E-state index contributed by atoms with van der Waals surface area (Å²) in [5, 5.41) is 4.37. The predicted molar refractivity (Wildman–Crippen MR) is 83.8 cm³/mol. The van der Waals surface area contributed by atoms with Crippen molar-refractivity contribution in [2.75, 3.05) is 0 Å². The molecule has 0 unspecified atom stereocenters. The second-order valence-electron chi connectivity index (χ2n) is 6.15. The Morgan fingerprint density at radius 3 is 2.40 bits per heavy atom. The van der Waals surface area contributed by atoms with Crippen LogP contribution < -0.4 is 5.32 Å². The third-order valence-corrected chi connectivity index (χ3v) is 3.89. The molecule has 0 saturated heterocycles. The van der Waals surface area contributed by atoms with Crippen LogP contribution in [0.1, 0.15) is 45.2 Å². The number of aromatic nitrogens is 3. The van der Waals surface area contributed by atoms with Gasteiger partial charge >= 0.3 is 0 Å². The highest BCUT2D eigenvalue weighted by molar-refractivity contribution is 7.15. The molecule has 0 aliphatic rings. The van der Waals surface area contributed by atoms with Crippen LogP contribution in [0.5, 0.6) is 0 Å². The van der Waals surface area contributed by atoms with Gasteiger partial charge in [0.1, 0.15) is 0 Å². The molecule has 1 N–H and O–H groups in total. The van der Waals surface area contributed by atoms with Gasteiger partial charge in [0.2, 0.25) is 0 Å². The molecule has 4 nitrogen and oxygen atoms in total. The Morgan fingerprint density at radius 1 is 1.20 bits per heavy atom.